The number of hydrogen-bond acceptors (Lipinski definition) is 2. The average Bonchev–Trinajstić information content (AvgIpc) is 2.16. The average molecular weight is 199 g/mol. The van der Waals surface area contributed by atoms with Crippen LogP contribution in [0.25, 0.3) is 0 Å². The van der Waals surface area contributed by atoms with Gasteiger partial charge in [-0.15, -0.1) is 0 Å². The van der Waals surface area contributed by atoms with Crippen LogP contribution in [0.1, 0.15) is 40.0 Å². The number of carboxylic acids is 1. The predicted molar refractivity (Wildman–Crippen MR) is 56.3 cm³/mol. The smallest absolute Gasteiger partial charge is 0.323 e. The van der Waals surface area contributed by atoms with Crippen molar-refractivity contribution >= 4 is 5.97 Å². The summed E-state index contributed by atoms with van der Waals surface area (Å²) in [7, 11) is 0. The van der Waals surface area contributed by atoms with E-state index in [0.717, 1.165) is 19.5 Å². The first-order valence-electron chi connectivity index (χ1n) is 5.49. The Balaban J connectivity index is 2.73. The Morgan fingerprint density at radius 2 is 2.29 bits per heavy atom. The first kappa shape index (κ1) is 11.5. The van der Waals surface area contributed by atoms with Crippen molar-refractivity contribution in [2.24, 2.45) is 5.92 Å². The number of nitrogens with zero attached hydrogens (tertiary/aromatic N) is 1. The fraction of sp³-hybridized carbons (Fsp3) is 0.909. The summed E-state index contributed by atoms with van der Waals surface area (Å²) in [6, 6.07) is 0. The lowest BCUT2D eigenvalue weighted by Crippen LogP contribution is -2.55. The van der Waals surface area contributed by atoms with E-state index in [-0.39, 0.29) is 0 Å². The van der Waals surface area contributed by atoms with Gasteiger partial charge in [-0.05, 0) is 38.6 Å². The molecule has 1 fully saturated rings. The van der Waals surface area contributed by atoms with Crippen LogP contribution in [0.2, 0.25) is 0 Å². The first-order valence-corrected chi connectivity index (χ1v) is 5.49. The zero-order valence-electron chi connectivity index (χ0n) is 9.42. The highest BCUT2D eigenvalue weighted by Gasteiger charge is 2.39. The Morgan fingerprint density at radius 3 is 2.71 bits per heavy atom. The van der Waals surface area contributed by atoms with Gasteiger partial charge in [0.1, 0.15) is 5.54 Å². The molecule has 1 aliphatic heterocycles. The minimum Gasteiger partial charge on any atom is -0.480 e. The quantitative estimate of drug-likeness (QED) is 0.755. The van der Waals surface area contributed by atoms with Crippen molar-refractivity contribution in [2.75, 3.05) is 13.1 Å². The highest BCUT2D eigenvalue weighted by molar-refractivity contribution is 5.78. The van der Waals surface area contributed by atoms with Crippen LogP contribution in [-0.4, -0.2) is 34.6 Å². The Labute approximate surface area is 86.1 Å². The van der Waals surface area contributed by atoms with Crippen molar-refractivity contribution in [1.29, 1.82) is 0 Å². The van der Waals surface area contributed by atoms with Crippen molar-refractivity contribution in [3.05, 3.63) is 0 Å². The maximum absolute atomic E-state index is 11.2. The number of likely N-dealkylation sites (tertiary alicyclic amines) is 1. The van der Waals surface area contributed by atoms with Gasteiger partial charge in [-0.2, -0.15) is 0 Å². The molecule has 1 heterocycles. The Bertz CT molecular complexity index is 217. The fourth-order valence-electron chi connectivity index (χ4n) is 2.15. The number of aliphatic carboxylic acids is 1. The van der Waals surface area contributed by atoms with Crippen LogP contribution >= 0.6 is 0 Å². The third-order valence-electron chi connectivity index (χ3n) is 3.50. The van der Waals surface area contributed by atoms with Gasteiger partial charge >= 0.3 is 5.97 Å². The van der Waals surface area contributed by atoms with Gasteiger partial charge in [0, 0.05) is 6.54 Å². The van der Waals surface area contributed by atoms with Crippen LogP contribution in [0, 0.1) is 5.92 Å². The van der Waals surface area contributed by atoms with Crippen LogP contribution in [0.15, 0.2) is 0 Å². The molecule has 82 valence electrons. The first-order chi connectivity index (χ1) is 6.50. The van der Waals surface area contributed by atoms with E-state index < -0.39 is 11.5 Å². The molecule has 0 aromatic rings. The molecule has 0 aromatic carbocycles. The van der Waals surface area contributed by atoms with E-state index in [2.05, 4.69) is 11.8 Å². The summed E-state index contributed by atoms with van der Waals surface area (Å²) in [5.41, 5.74) is -0.658. The topological polar surface area (TPSA) is 40.5 Å². The maximum Gasteiger partial charge on any atom is 0.323 e. The van der Waals surface area contributed by atoms with Crippen LogP contribution in [0.4, 0.5) is 0 Å². The Kier molecular flexibility index (Phi) is 3.53. The monoisotopic (exact) mass is 199 g/mol. The molecule has 1 saturated heterocycles. The van der Waals surface area contributed by atoms with E-state index in [0.29, 0.717) is 12.3 Å². The molecule has 0 aromatic heterocycles. The molecule has 0 radical (unpaired) electrons. The summed E-state index contributed by atoms with van der Waals surface area (Å²) in [6.07, 6.45) is 3.04. The third kappa shape index (κ3) is 2.08. The molecule has 0 amide bonds. The van der Waals surface area contributed by atoms with Gasteiger partial charge in [0.15, 0.2) is 0 Å². The molecule has 0 bridgehead atoms. The lowest BCUT2D eigenvalue weighted by atomic mass is 9.90. The van der Waals surface area contributed by atoms with Crippen LogP contribution in [0.3, 0.4) is 0 Å². The second-order valence-electron chi connectivity index (χ2n) is 4.63. The molecule has 2 atom stereocenters. The number of piperidine rings is 1. The molecule has 0 aliphatic carbocycles. The maximum atomic E-state index is 11.2. The molecule has 3 nitrogen and oxygen atoms in total. The molecule has 1 aliphatic rings. The molecule has 0 spiro atoms. The zero-order chi connectivity index (χ0) is 10.8. The van der Waals surface area contributed by atoms with Gasteiger partial charge in [0.05, 0.1) is 0 Å². The second kappa shape index (κ2) is 4.30. The van der Waals surface area contributed by atoms with E-state index in [1.165, 1.54) is 6.42 Å². The standard InChI is InChI=1S/C11H21NO2/c1-4-11(3,10(13)14)12-7-5-6-9(2)8-12/h9H,4-8H2,1-3H3,(H,13,14)/t9-,11-/m0/s1. The number of carboxylic acid groups (broad SMARTS) is 1. The number of hydrogen-bond donors (Lipinski definition) is 1. The van der Waals surface area contributed by atoms with Gasteiger partial charge in [0.25, 0.3) is 0 Å². The van der Waals surface area contributed by atoms with Crippen LogP contribution < -0.4 is 0 Å². The van der Waals surface area contributed by atoms with Crippen LogP contribution in [-0.2, 0) is 4.79 Å². The normalized spacial score (nSPS) is 28.4. The molecule has 0 saturated carbocycles. The Morgan fingerprint density at radius 1 is 1.64 bits per heavy atom. The van der Waals surface area contributed by atoms with Gasteiger partial charge in [-0.25, -0.2) is 0 Å². The molecule has 1 N–H and O–H groups in total. The molecule has 14 heavy (non-hydrogen) atoms. The second-order valence-corrected chi connectivity index (χ2v) is 4.63. The van der Waals surface area contributed by atoms with Crippen molar-refractivity contribution in [3.63, 3.8) is 0 Å². The Hall–Kier alpha value is -0.570. The molecule has 1 rings (SSSR count). The fourth-order valence-corrected chi connectivity index (χ4v) is 2.15. The summed E-state index contributed by atoms with van der Waals surface area (Å²) in [5, 5.41) is 9.23. The summed E-state index contributed by atoms with van der Waals surface area (Å²) < 4.78 is 0. The van der Waals surface area contributed by atoms with Gasteiger partial charge in [-0.3, -0.25) is 9.69 Å². The highest BCUT2D eigenvalue weighted by Crippen LogP contribution is 2.26. The SMILES string of the molecule is CC[C@@](C)(C(=O)O)N1CCC[C@H](C)C1. The van der Waals surface area contributed by atoms with Gasteiger partial charge in [0.2, 0.25) is 0 Å². The summed E-state index contributed by atoms with van der Waals surface area (Å²) in [6.45, 7) is 7.85. The third-order valence-corrected chi connectivity index (χ3v) is 3.50. The lowest BCUT2D eigenvalue weighted by Gasteiger charge is -2.41. The molecular formula is C11H21NO2. The predicted octanol–water partition coefficient (Wildman–Crippen LogP) is 1.97. The van der Waals surface area contributed by atoms with Crippen molar-refractivity contribution in [3.8, 4) is 0 Å². The van der Waals surface area contributed by atoms with E-state index >= 15 is 0 Å². The summed E-state index contributed by atoms with van der Waals surface area (Å²) in [5.74, 6) is -0.0527. The summed E-state index contributed by atoms with van der Waals surface area (Å²) in [4.78, 5) is 13.3. The van der Waals surface area contributed by atoms with Crippen molar-refractivity contribution in [1.82, 2.24) is 4.90 Å². The van der Waals surface area contributed by atoms with Crippen molar-refractivity contribution in [2.45, 2.75) is 45.6 Å². The highest BCUT2D eigenvalue weighted by atomic mass is 16.4. The number of rotatable bonds is 3. The minimum absolute atomic E-state index is 0.633. The summed E-state index contributed by atoms with van der Waals surface area (Å²) >= 11 is 0. The van der Waals surface area contributed by atoms with E-state index in [4.69, 9.17) is 0 Å². The van der Waals surface area contributed by atoms with Crippen molar-refractivity contribution < 1.29 is 9.90 Å². The minimum atomic E-state index is -0.686. The molecular weight excluding hydrogens is 178 g/mol. The largest absolute Gasteiger partial charge is 0.480 e. The van der Waals surface area contributed by atoms with Gasteiger partial charge < -0.3 is 5.11 Å². The van der Waals surface area contributed by atoms with E-state index in [1.54, 1.807) is 0 Å². The van der Waals surface area contributed by atoms with E-state index in [1.807, 2.05) is 13.8 Å². The van der Waals surface area contributed by atoms with Crippen LogP contribution in [0.5, 0.6) is 0 Å². The molecule has 0 unspecified atom stereocenters. The lowest BCUT2D eigenvalue weighted by molar-refractivity contribution is -0.152. The molecule has 3 heteroatoms. The zero-order valence-corrected chi connectivity index (χ0v) is 9.42. The number of carbonyl (C=O) groups is 1. The van der Waals surface area contributed by atoms with Gasteiger partial charge in [-0.1, -0.05) is 13.8 Å². The van der Waals surface area contributed by atoms with E-state index in [9.17, 15) is 9.90 Å².